The molecule has 5 heteroatoms. The minimum atomic E-state index is -1.56. The van der Waals surface area contributed by atoms with E-state index in [0.29, 0.717) is 11.6 Å². The Balaban J connectivity index is 1.12. The molecule has 3 nitrogen and oxygen atoms in total. The Bertz CT molecular complexity index is 5400. The molecule has 0 bridgehead atoms. The van der Waals surface area contributed by atoms with Gasteiger partial charge in [-0.1, -0.05) is 115 Å². The zero-order chi connectivity index (χ0) is 65.3. The highest BCUT2D eigenvalue weighted by molar-refractivity contribution is 8.28. The van der Waals surface area contributed by atoms with E-state index in [1.807, 2.05) is 0 Å². The van der Waals surface area contributed by atoms with Crippen LogP contribution in [0.3, 0.4) is 0 Å². The monoisotopic (exact) mass is 797 g/mol. The Morgan fingerprint density at radius 3 is 1.73 bits per heavy atom. The maximum atomic E-state index is 10.1. The number of nitrogens with zero attached hydrogens (tertiary/aromatic N) is 2. The molecule has 0 N–H and O–H groups in total. The highest BCUT2D eigenvalue weighted by Crippen LogP contribution is 2.47. The summed E-state index contributed by atoms with van der Waals surface area (Å²) in [6, 6.07) is -25.7. The van der Waals surface area contributed by atoms with Crippen molar-refractivity contribution in [3.8, 4) is 50.6 Å². The Kier molecular flexibility index (Phi) is 2.89. The predicted octanol–water partition coefficient (Wildman–Crippen LogP) is 13.3. The van der Waals surface area contributed by atoms with Gasteiger partial charge in [-0.15, -0.1) is 0 Å². The maximum absolute atomic E-state index is 10.1. The number of hydrogen-bond donors (Lipinski definition) is 0. The number of ether oxygens (including phenoxy) is 1. The number of benzene rings is 9. The van der Waals surface area contributed by atoms with E-state index >= 15 is 0 Å². The van der Waals surface area contributed by atoms with Crippen molar-refractivity contribution in [1.29, 1.82) is 0 Å². The Hall–Kier alpha value is -7.21. The van der Waals surface area contributed by atoms with Gasteiger partial charge in [-0.2, -0.15) is 11.6 Å². The summed E-state index contributed by atoms with van der Waals surface area (Å²) in [5, 5.41) is -2.34. The SMILES string of the molecule is [2H]c1c([2H])c([2H])c2c(c1[2H])SB1c3c([2H])c([2H])c(-c4c([2H])c5c6c([2H])c([2H])c([2H])c([2H])c6n6c7c([2H])c([2H])c([2H])c([2H])c7c(c4[2H])c56)c([2H])c3Oc3c([2H])c(-c4c([2H])c([2H])c([2H])c(-n5c6c([2H])c([2H])c([2H])c([2H])c6c6c([2H])c([2H])c([2H])c([2H])c65)c4[2H])c([2H])c-2c31. The van der Waals surface area contributed by atoms with Gasteiger partial charge >= 0.3 is 0 Å². The van der Waals surface area contributed by atoms with Crippen LogP contribution in [0.15, 0.2) is 192 Å². The van der Waals surface area contributed by atoms with Crippen molar-refractivity contribution < 1.29 is 47.2 Å². The fraction of sp³-hybridized carbons (Fsp3) is 0. The summed E-state index contributed by atoms with van der Waals surface area (Å²) in [7, 11) is 0. The lowest BCUT2D eigenvalue weighted by molar-refractivity contribution is 0.488. The molecular formula is C54H31BN2OS. The van der Waals surface area contributed by atoms with Gasteiger partial charge in [-0.25, -0.2) is 0 Å². The van der Waals surface area contributed by atoms with Gasteiger partial charge in [0.1, 0.15) is 11.5 Å². The first kappa shape index (κ1) is 14.6. The molecule has 14 rings (SSSR count). The lowest BCUT2D eigenvalue weighted by Crippen LogP contribution is -2.46. The number of aromatic nitrogens is 2. The van der Waals surface area contributed by atoms with Crippen LogP contribution in [0.2, 0.25) is 0 Å². The third-order valence-corrected chi connectivity index (χ3v) is 11.8. The highest BCUT2D eigenvalue weighted by Gasteiger charge is 2.39. The van der Waals surface area contributed by atoms with Crippen LogP contribution in [-0.2, 0) is 0 Å². The molecule has 5 heterocycles. The summed E-state index contributed by atoms with van der Waals surface area (Å²) < 4.78 is 294. The van der Waals surface area contributed by atoms with Crippen LogP contribution >= 0.6 is 11.6 Å². The van der Waals surface area contributed by atoms with Crippen molar-refractivity contribution in [2.45, 2.75) is 4.90 Å². The Morgan fingerprint density at radius 1 is 0.441 bits per heavy atom. The van der Waals surface area contributed by atoms with E-state index in [4.69, 9.17) is 29.4 Å². The largest absolute Gasteiger partial charge is 0.458 e. The van der Waals surface area contributed by atoms with Crippen LogP contribution in [0.5, 0.6) is 11.5 Å². The summed E-state index contributed by atoms with van der Waals surface area (Å²) in [6.45, 7) is 0. The summed E-state index contributed by atoms with van der Waals surface area (Å²) in [6.07, 6.45) is 0. The fourth-order valence-corrected chi connectivity index (χ4v) is 9.34. The molecule has 0 radical (unpaired) electrons. The lowest BCUT2D eigenvalue weighted by atomic mass is 9.57. The van der Waals surface area contributed by atoms with Crippen LogP contribution < -0.4 is 15.7 Å². The molecule has 3 aromatic heterocycles. The highest BCUT2D eigenvalue weighted by atomic mass is 32.2. The third kappa shape index (κ3) is 4.35. The third-order valence-electron chi connectivity index (χ3n) is 10.5. The van der Waals surface area contributed by atoms with Crippen molar-refractivity contribution in [2.75, 3.05) is 0 Å². The zero-order valence-electron chi connectivity index (χ0n) is 60.3. The average molecular weight is 798 g/mol. The van der Waals surface area contributed by atoms with E-state index in [0.717, 1.165) is 8.97 Å². The first-order chi connectivity index (χ1) is 42.2. The molecule has 9 aromatic carbocycles. The van der Waals surface area contributed by atoms with Gasteiger partial charge < -0.3 is 13.7 Å². The maximum Gasteiger partial charge on any atom is 0.289 e. The first-order valence-electron chi connectivity index (χ1n) is 33.3. The van der Waals surface area contributed by atoms with Crippen LogP contribution in [0, 0.1) is 0 Å². The summed E-state index contributed by atoms with van der Waals surface area (Å²) in [4.78, 5) is -0.287. The van der Waals surface area contributed by atoms with Gasteiger partial charge in [-0.3, -0.25) is 0 Å². The topological polar surface area (TPSA) is 18.6 Å². The van der Waals surface area contributed by atoms with E-state index in [2.05, 4.69) is 0 Å². The second-order valence-electron chi connectivity index (χ2n) is 13.6. The fourth-order valence-electron chi connectivity index (χ4n) is 8.10. The quantitative estimate of drug-likeness (QED) is 0.166. The normalized spacial score (nSPS) is 20.5. The van der Waals surface area contributed by atoms with Gasteiger partial charge in [0, 0.05) is 42.9 Å². The van der Waals surface area contributed by atoms with Crippen molar-refractivity contribution in [2.24, 2.45) is 0 Å². The molecule has 59 heavy (non-hydrogen) atoms. The van der Waals surface area contributed by atoms with Crippen LogP contribution in [0.25, 0.3) is 99.0 Å². The van der Waals surface area contributed by atoms with Gasteiger partial charge in [0.25, 0.3) is 5.99 Å². The smallest absolute Gasteiger partial charge is 0.289 e. The minimum absolute atomic E-state index is 0.205. The zero-order valence-corrected chi connectivity index (χ0v) is 30.1. The van der Waals surface area contributed by atoms with E-state index in [1.54, 1.807) is 0 Å². The number of para-hydroxylation sites is 4. The number of fused-ring (bicyclic) bond motifs is 13. The molecule has 0 spiro atoms. The first-order valence-corrected chi connectivity index (χ1v) is 18.6. The molecule has 2 aliphatic heterocycles. The molecule has 272 valence electrons. The van der Waals surface area contributed by atoms with Gasteiger partial charge in [0.05, 0.1) is 70.1 Å². The summed E-state index contributed by atoms with van der Waals surface area (Å²) in [5.74, 6) is -2.93. The number of hydrogen-bond acceptors (Lipinski definition) is 2. The molecule has 0 fully saturated rings. The molecule has 0 amide bonds. The molecule has 0 unspecified atom stereocenters. The predicted molar refractivity (Wildman–Crippen MR) is 249 cm³/mol. The second kappa shape index (κ2) is 11.7. The molecule has 12 aromatic rings. The van der Waals surface area contributed by atoms with E-state index in [1.165, 1.54) is 0 Å². The lowest BCUT2D eigenvalue weighted by Gasteiger charge is -2.33. The molecule has 0 atom stereocenters. The van der Waals surface area contributed by atoms with Crippen molar-refractivity contribution in [3.05, 3.63) is 187 Å². The van der Waals surface area contributed by atoms with Crippen LogP contribution in [0.4, 0.5) is 0 Å². The molecule has 0 saturated carbocycles. The van der Waals surface area contributed by atoms with Gasteiger partial charge in [-0.05, 0) is 117 Å². The van der Waals surface area contributed by atoms with Crippen molar-refractivity contribution >= 4 is 88.4 Å². The molecular weight excluding hydrogens is 735 g/mol. The number of rotatable bonds is 3. The Morgan fingerprint density at radius 2 is 1.02 bits per heavy atom. The Labute approximate surface area is 387 Å². The van der Waals surface area contributed by atoms with E-state index in [9.17, 15) is 17.8 Å². The minimum Gasteiger partial charge on any atom is -0.458 e. The summed E-state index contributed by atoms with van der Waals surface area (Å²) >= 11 is 0.653. The molecule has 2 aliphatic rings. The molecule has 0 aliphatic carbocycles. The summed E-state index contributed by atoms with van der Waals surface area (Å²) in [5.41, 5.74) is -7.49. The van der Waals surface area contributed by atoms with E-state index < -0.39 is 266 Å². The second-order valence-corrected chi connectivity index (χ2v) is 14.7. The van der Waals surface area contributed by atoms with Crippen molar-refractivity contribution in [1.82, 2.24) is 8.97 Å². The van der Waals surface area contributed by atoms with Crippen LogP contribution in [0.1, 0.15) is 42.5 Å². The van der Waals surface area contributed by atoms with Gasteiger partial charge in [0.2, 0.25) is 0 Å². The molecule has 0 saturated heterocycles. The standard InChI is InChI=1S/C54H31BN2OS/c1-6-19-46-37(14-1)38-15-2-7-20-47(38)56(46)36-13-11-12-32(26-36)35-27-42-41-18-5-10-23-52(41)59-55-45-25-24-33(30-50(45)58-51(31-35)53(42)55)34-28-43-39-16-3-8-21-48(39)57-49-22-9-4-17-40(49)44(29-34)54(43)57/h1-31H/i1D,2D,3D,4D,5D,6D,7D,8D,9D,10D,11D,12D,13D,14D,15D,16D,17D,18D,19D,20D,21D,22D,23D,24D,25D,26D,27D,28D,29D,30D,31D. The average Bonchev–Trinajstić information content (AvgIpc) is 1.39. The van der Waals surface area contributed by atoms with E-state index in [-0.39, 0.29) is 53.9 Å². The van der Waals surface area contributed by atoms with Crippen molar-refractivity contribution in [3.63, 3.8) is 0 Å². The van der Waals surface area contributed by atoms with Crippen LogP contribution in [-0.4, -0.2) is 15.0 Å². The van der Waals surface area contributed by atoms with Gasteiger partial charge in [0.15, 0.2) is 0 Å².